The van der Waals surface area contributed by atoms with Gasteiger partial charge in [-0.05, 0) is 38.8 Å². The lowest BCUT2D eigenvalue weighted by Gasteiger charge is -2.31. The van der Waals surface area contributed by atoms with E-state index in [1.807, 2.05) is 6.33 Å². The zero-order valence-electron chi connectivity index (χ0n) is 9.24. The molecular weight excluding hydrogens is 188 g/mol. The molecule has 15 heavy (non-hydrogen) atoms. The summed E-state index contributed by atoms with van der Waals surface area (Å²) in [4.78, 5) is 4.50. The maximum Gasteiger partial charge on any atom is 0.156 e. The average molecular weight is 206 g/mol. The lowest BCUT2D eigenvalue weighted by atomic mass is 9.80. The van der Waals surface area contributed by atoms with Crippen molar-refractivity contribution in [2.24, 2.45) is 0 Å². The van der Waals surface area contributed by atoms with Gasteiger partial charge in [-0.25, -0.2) is 9.67 Å². The second kappa shape index (κ2) is 3.30. The van der Waals surface area contributed by atoms with Crippen LogP contribution >= 0.6 is 0 Å². The van der Waals surface area contributed by atoms with Gasteiger partial charge in [0, 0.05) is 5.41 Å². The van der Waals surface area contributed by atoms with Crippen molar-refractivity contribution in [2.75, 3.05) is 13.1 Å². The van der Waals surface area contributed by atoms with Gasteiger partial charge < -0.3 is 5.32 Å². The fraction of sp³-hybridized carbons (Fsp3) is 0.818. The molecule has 0 atom stereocenters. The van der Waals surface area contributed by atoms with E-state index < -0.39 is 0 Å². The Bertz CT molecular complexity index is 347. The van der Waals surface area contributed by atoms with Crippen molar-refractivity contribution in [3.05, 3.63) is 12.2 Å². The number of nitrogens with one attached hydrogen (secondary N) is 1. The maximum atomic E-state index is 4.65. The summed E-state index contributed by atoms with van der Waals surface area (Å²) in [6.45, 7) is 4.48. The molecule has 2 heterocycles. The highest BCUT2D eigenvalue weighted by molar-refractivity contribution is 5.07. The Labute approximate surface area is 90.1 Å². The molecule has 1 aromatic heterocycles. The molecule has 1 N–H and O–H groups in total. The molecule has 4 nitrogen and oxygen atoms in total. The van der Waals surface area contributed by atoms with Crippen molar-refractivity contribution in [3.8, 4) is 0 Å². The third-order valence-electron chi connectivity index (χ3n) is 3.68. The van der Waals surface area contributed by atoms with Crippen LogP contribution in [0.3, 0.4) is 0 Å². The van der Waals surface area contributed by atoms with Gasteiger partial charge in [0.05, 0.1) is 6.04 Å². The van der Waals surface area contributed by atoms with E-state index in [4.69, 9.17) is 0 Å². The van der Waals surface area contributed by atoms with Crippen LogP contribution in [0.2, 0.25) is 0 Å². The Morgan fingerprint density at radius 1 is 1.40 bits per heavy atom. The largest absolute Gasteiger partial charge is 0.317 e. The highest BCUT2D eigenvalue weighted by atomic mass is 15.4. The van der Waals surface area contributed by atoms with E-state index in [0.717, 1.165) is 31.8 Å². The summed E-state index contributed by atoms with van der Waals surface area (Å²) in [6.07, 6.45) is 6.78. The summed E-state index contributed by atoms with van der Waals surface area (Å²) < 4.78 is 2.06. The number of piperidine rings is 1. The molecule has 82 valence electrons. The number of hydrogen-bond acceptors (Lipinski definition) is 3. The van der Waals surface area contributed by atoms with Crippen molar-refractivity contribution < 1.29 is 0 Å². The zero-order chi connectivity index (χ0) is 10.3. The quantitative estimate of drug-likeness (QED) is 0.792. The highest BCUT2D eigenvalue weighted by Gasteiger charge is 2.34. The molecule has 1 saturated carbocycles. The van der Waals surface area contributed by atoms with Crippen LogP contribution in [0.1, 0.15) is 44.5 Å². The standard InChI is InChI=1S/C11H18N4/c1-11(4-6-12-7-5-11)10-13-8-15(14-10)9-2-3-9/h8-9,12H,2-7H2,1H3. The molecule has 1 aliphatic heterocycles. The molecule has 1 aliphatic carbocycles. The molecule has 0 spiro atoms. The van der Waals surface area contributed by atoms with Crippen molar-refractivity contribution in [2.45, 2.75) is 44.1 Å². The Balaban J connectivity index is 1.83. The van der Waals surface area contributed by atoms with Gasteiger partial charge in [-0.15, -0.1) is 0 Å². The van der Waals surface area contributed by atoms with Gasteiger partial charge in [-0.1, -0.05) is 6.92 Å². The van der Waals surface area contributed by atoms with Crippen LogP contribution < -0.4 is 5.32 Å². The first-order valence-electron chi connectivity index (χ1n) is 5.90. The first-order valence-corrected chi connectivity index (χ1v) is 5.90. The fourth-order valence-corrected chi connectivity index (χ4v) is 2.27. The predicted molar refractivity (Wildman–Crippen MR) is 57.7 cm³/mol. The molecule has 1 aromatic rings. The molecule has 0 amide bonds. The first-order chi connectivity index (χ1) is 7.28. The molecule has 0 bridgehead atoms. The summed E-state index contributed by atoms with van der Waals surface area (Å²) in [7, 11) is 0. The molecule has 0 radical (unpaired) electrons. The van der Waals surface area contributed by atoms with Gasteiger partial charge in [0.15, 0.2) is 5.82 Å². The van der Waals surface area contributed by atoms with Gasteiger partial charge in [0.1, 0.15) is 6.33 Å². The topological polar surface area (TPSA) is 42.7 Å². The minimum absolute atomic E-state index is 0.200. The monoisotopic (exact) mass is 206 g/mol. The van der Waals surface area contributed by atoms with Gasteiger partial charge in [0.2, 0.25) is 0 Å². The van der Waals surface area contributed by atoms with E-state index >= 15 is 0 Å². The van der Waals surface area contributed by atoms with Crippen LogP contribution in [0.25, 0.3) is 0 Å². The molecule has 0 aromatic carbocycles. The summed E-state index contributed by atoms with van der Waals surface area (Å²) >= 11 is 0. The van der Waals surface area contributed by atoms with Crippen LogP contribution in [0.5, 0.6) is 0 Å². The number of hydrogen-bond donors (Lipinski definition) is 1. The third kappa shape index (κ3) is 1.67. The Hall–Kier alpha value is -0.900. The van der Waals surface area contributed by atoms with E-state index in [-0.39, 0.29) is 5.41 Å². The number of nitrogens with zero attached hydrogens (tertiary/aromatic N) is 3. The molecule has 1 saturated heterocycles. The second-order valence-electron chi connectivity index (χ2n) is 5.09. The van der Waals surface area contributed by atoms with Crippen LogP contribution in [0, 0.1) is 0 Å². The molecule has 4 heteroatoms. The summed E-state index contributed by atoms with van der Waals surface area (Å²) in [5.74, 6) is 1.05. The van der Waals surface area contributed by atoms with Crippen molar-refractivity contribution in [1.82, 2.24) is 20.1 Å². The molecule has 2 aliphatic rings. The van der Waals surface area contributed by atoms with Crippen LogP contribution in [0.15, 0.2) is 6.33 Å². The van der Waals surface area contributed by atoms with E-state index in [1.165, 1.54) is 12.8 Å². The fourth-order valence-electron chi connectivity index (χ4n) is 2.27. The summed E-state index contributed by atoms with van der Waals surface area (Å²) in [6, 6.07) is 0.650. The number of aromatic nitrogens is 3. The van der Waals surface area contributed by atoms with Crippen molar-refractivity contribution >= 4 is 0 Å². The minimum Gasteiger partial charge on any atom is -0.317 e. The summed E-state index contributed by atoms with van der Waals surface area (Å²) in [5, 5.41) is 8.03. The van der Waals surface area contributed by atoms with Crippen LogP contribution in [-0.4, -0.2) is 27.9 Å². The highest BCUT2D eigenvalue weighted by Crippen LogP contribution is 2.35. The SMILES string of the molecule is CC1(c2ncn(C3CC3)n2)CCNCC1. The van der Waals surface area contributed by atoms with Gasteiger partial charge >= 0.3 is 0 Å². The Morgan fingerprint density at radius 3 is 2.80 bits per heavy atom. The van der Waals surface area contributed by atoms with Crippen LogP contribution in [-0.2, 0) is 5.41 Å². The first kappa shape index (κ1) is 9.33. The number of rotatable bonds is 2. The van der Waals surface area contributed by atoms with E-state index in [2.05, 4.69) is 27.0 Å². The van der Waals surface area contributed by atoms with Gasteiger partial charge in [-0.2, -0.15) is 5.10 Å². The maximum absolute atomic E-state index is 4.65. The van der Waals surface area contributed by atoms with Gasteiger partial charge in [-0.3, -0.25) is 0 Å². The molecule has 2 fully saturated rings. The van der Waals surface area contributed by atoms with E-state index in [9.17, 15) is 0 Å². The zero-order valence-corrected chi connectivity index (χ0v) is 9.24. The second-order valence-corrected chi connectivity index (χ2v) is 5.09. The van der Waals surface area contributed by atoms with Crippen molar-refractivity contribution in [1.29, 1.82) is 0 Å². The molecule has 3 rings (SSSR count). The lowest BCUT2D eigenvalue weighted by Crippen LogP contribution is -2.38. The Kier molecular flexibility index (Phi) is 2.06. The smallest absolute Gasteiger partial charge is 0.156 e. The van der Waals surface area contributed by atoms with Crippen LogP contribution in [0.4, 0.5) is 0 Å². The molecule has 0 unspecified atom stereocenters. The third-order valence-corrected chi connectivity index (χ3v) is 3.68. The average Bonchev–Trinajstić information content (AvgIpc) is 2.97. The van der Waals surface area contributed by atoms with E-state index in [1.54, 1.807) is 0 Å². The normalized spacial score (nSPS) is 25.4. The molecular formula is C11H18N4. The van der Waals surface area contributed by atoms with Crippen molar-refractivity contribution in [3.63, 3.8) is 0 Å². The predicted octanol–water partition coefficient (Wildman–Crippen LogP) is 1.25. The Morgan fingerprint density at radius 2 is 2.13 bits per heavy atom. The van der Waals surface area contributed by atoms with Gasteiger partial charge in [0.25, 0.3) is 0 Å². The lowest BCUT2D eigenvalue weighted by molar-refractivity contribution is 0.317. The minimum atomic E-state index is 0.200. The summed E-state index contributed by atoms with van der Waals surface area (Å²) in [5.41, 5.74) is 0.200. The van der Waals surface area contributed by atoms with E-state index in [0.29, 0.717) is 6.04 Å².